The maximum atomic E-state index is 13.4. The summed E-state index contributed by atoms with van der Waals surface area (Å²) in [7, 11) is 1.40. The summed E-state index contributed by atoms with van der Waals surface area (Å²) in [6.45, 7) is 1.67. The first-order valence-electron chi connectivity index (χ1n) is 5.77. The Morgan fingerprint density at radius 2 is 1.84 bits per heavy atom. The van der Waals surface area contributed by atoms with Crippen LogP contribution in [0.3, 0.4) is 0 Å². The molecule has 0 aliphatic heterocycles. The molecule has 0 heterocycles. The third-order valence-electron chi connectivity index (χ3n) is 3.10. The van der Waals surface area contributed by atoms with Crippen molar-refractivity contribution in [3.05, 3.63) is 63.9 Å². The van der Waals surface area contributed by atoms with Crippen LogP contribution in [0.25, 0.3) is 0 Å². The van der Waals surface area contributed by atoms with E-state index in [1.165, 1.54) is 19.2 Å². The number of hydrogen-bond donors (Lipinski definition) is 1. The first-order chi connectivity index (χ1) is 8.95. The van der Waals surface area contributed by atoms with Crippen LogP contribution in [0.2, 0.25) is 0 Å². The number of methoxy groups -OCH3 is 1. The summed E-state index contributed by atoms with van der Waals surface area (Å²) in [5.74, 6) is -0.330. The van der Waals surface area contributed by atoms with Crippen molar-refractivity contribution in [2.75, 3.05) is 7.11 Å². The molecule has 2 aromatic carbocycles. The van der Waals surface area contributed by atoms with Crippen LogP contribution in [-0.4, -0.2) is 12.2 Å². The van der Waals surface area contributed by atoms with Crippen LogP contribution in [0.4, 0.5) is 4.39 Å². The van der Waals surface area contributed by atoms with Gasteiger partial charge in [-0.15, -0.1) is 0 Å². The van der Waals surface area contributed by atoms with Gasteiger partial charge in [-0.1, -0.05) is 34.1 Å². The molecule has 1 atom stereocenters. The number of hydrogen-bond acceptors (Lipinski definition) is 2. The fourth-order valence-electron chi connectivity index (χ4n) is 1.92. The van der Waals surface area contributed by atoms with Gasteiger partial charge >= 0.3 is 0 Å². The predicted octanol–water partition coefficient (Wildman–Crippen LogP) is 3.85. The summed E-state index contributed by atoms with van der Waals surface area (Å²) >= 11 is 3.37. The molecule has 0 aliphatic carbocycles. The number of ether oxygens (including phenoxy) is 1. The van der Waals surface area contributed by atoms with Gasteiger partial charge in [0.2, 0.25) is 0 Å². The molecule has 100 valence electrons. The van der Waals surface area contributed by atoms with Gasteiger partial charge in [-0.3, -0.25) is 0 Å². The first-order valence-corrected chi connectivity index (χ1v) is 6.57. The number of halogens is 2. The Hall–Kier alpha value is -1.39. The molecule has 2 nitrogen and oxygen atoms in total. The van der Waals surface area contributed by atoms with Crippen molar-refractivity contribution in [2.45, 2.75) is 12.5 Å². The van der Waals surface area contributed by atoms with E-state index in [-0.39, 0.29) is 5.75 Å². The Morgan fingerprint density at radius 1 is 1.16 bits per heavy atom. The highest BCUT2D eigenvalue weighted by molar-refractivity contribution is 9.10. The summed E-state index contributed by atoms with van der Waals surface area (Å²) in [6, 6.07) is 11.7. The largest absolute Gasteiger partial charge is 0.494 e. The zero-order valence-corrected chi connectivity index (χ0v) is 12.2. The fourth-order valence-corrected chi connectivity index (χ4v) is 2.32. The van der Waals surface area contributed by atoms with Crippen LogP contribution in [0, 0.1) is 5.82 Å². The van der Waals surface area contributed by atoms with Crippen molar-refractivity contribution in [1.82, 2.24) is 0 Å². The highest BCUT2D eigenvalue weighted by atomic mass is 79.9. The van der Waals surface area contributed by atoms with Crippen LogP contribution in [0.1, 0.15) is 18.1 Å². The maximum absolute atomic E-state index is 13.4. The van der Waals surface area contributed by atoms with Crippen molar-refractivity contribution in [1.29, 1.82) is 0 Å². The molecule has 0 saturated heterocycles. The van der Waals surface area contributed by atoms with E-state index < -0.39 is 11.4 Å². The number of rotatable bonds is 3. The fraction of sp³-hybridized carbons (Fsp3) is 0.200. The lowest BCUT2D eigenvalue weighted by Crippen LogP contribution is -2.22. The van der Waals surface area contributed by atoms with E-state index in [4.69, 9.17) is 4.74 Å². The van der Waals surface area contributed by atoms with Crippen LogP contribution >= 0.6 is 15.9 Å². The van der Waals surface area contributed by atoms with Gasteiger partial charge in [0.25, 0.3) is 0 Å². The second kappa shape index (κ2) is 5.31. The molecule has 0 saturated carbocycles. The zero-order chi connectivity index (χ0) is 14.0. The molecule has 0 aromatic heterocycles. The SMILES string of the molecule is COc1cc([C@](C)(O)c2cccc(Br)c2)ccc1F. The average Bonchev–Trinajstić information content (AvgIpc) is 2.39. The van der Waals surface area contributed by atoms with Crippen molar-refractivity contribution >= 4 is 15.9 Å². The van der Waals surface area contributed by atoms with Crippen molar-refractivity contribution in [3.63, 3.8) is 0 Å². The lowest BCUT2D eigenvalue weighted by Gasteiger charge is -2.25. The summed E-state index contributed by atoms with van der Waals surface area (Å²) in [5.41, 5.74) is 0.0736. The molecule has 2 aromatic rings. The van der Waals surface area contributed by atoms with Gasteiger partial charge in [0.05, 0.1) is 7.11 Å². The van der Waals surface area contributed by atoms with E-state index in [2.05, 4.69) is 15.9 Å². The Labute approximate surface area is 120 Å². The third-order valence-corrected chi connectivity index (χ3v) is 3.59. The molecule has 1 N–H and O–H groups in total. The lowest BCUT2D eigenvalue weighted by atomic mass is 9.88. The Morgan fingerprint density at radius 3 is 2.47 bits per heavy atom. The van der Waals surface area contributed by atoms with Gasteiger partial charge in [0.15, 0.2) is 11.6 Å². The van der Waals surface area contributed by atoms with Gasteiger partial charge in [-0.2, -0.15) is 0 Å². The summed E-state index contributed by atoms with van der Waals surface area (Å²) in [4.78, 5) is 0. The Bertz CT molecular complexity index is 596. The molecule has 0 fully saturated rings. The van der Waals surface area contributed by atoms with E-state index in [0.717, 1.165) is 10.0 Å². The molecule has 0 amide bonds. The molecule has 0 radical (unpaired) electrons. The van der Waals surface area contributed by atoms with Crippen molar-refractivity contribution in [2.24, 2.45) is 0 Å². The van der Waals surface area contributed by atoms with Crippen LogP contribution in [0.5, 0.6) is 5.75 Å². The van der Waals surface area contributed by atoms with E-state index >= 15 is 0 Å². The van der Waals surface area contributed by atoms with E-state index in [9.17, 15) is 9.50 Å². The smallest absolute Gasteiger partial charge is 0.165 e. The predicted molar refractivity (Wildman–Crippen MR) is 75.8 cm³/mol. The van der Waals surface area contributed by atoms with Crippen LogP contribution in [0.15, 0.2) is 46.9 Å². The number of aliphatic hydroxyl groups is 1. The monoisotopic (exact) mass is 324 g/mol. The molecule has 0 unspecified atom stereocenters. The van der Waals surface area contributed by atoms with Crippen molar-refractivity contribution in [3.8, 4) is 5.75 Å². The maximum Gasteiger partial charge on any atom is 0.165 e. The second-order valence-corrected chi connectivity index (χ2v) is 5.35. The summed E-state index contributed by atoms with van der Waals surface area (Å²) in [5, 5.41) is 10.7. The Kier molecular flexibility index (Phi) is 3.92. The molecule has 19 heavy (non-hydrogen) atoms. The Balaban J connectivity index is 2.49. The number of benzene rings is 2. The molecule has 2 rings (SSSR count). The topological polar surface area (TPSA) is 29.5 Å². The van der Waals surface area contributed by atoms with E-state index in [1.54, 1.807) is 13.0 Å². The first kappa shape index (κ1) is 14.0. The van der Waals surface area contributed by atoms with Crippen LogP contribution < -0.4 is 4.74 Å². The molecule has 0 bridgehead atoms. The molecule has 4 heteroatoms. The van der Waals surface area contributed by atoms with E-state index in [1.807, 2.05) is 24.3 Å². The molecule has 0 spiro atoms. The standard InChI is InChI=1S/C15H14BrFO2/c1-15(18,10-4-3-5-12(16)8-10)11-6-7-13(17)14(9-11)19-2/h3-9,18H,1-2H3/t15-/m1/s1. The van der Waals surface area contributed by atoms with Gasteiger partial charge in [0, 0.05) is 4.47 Å². The zero-order valence-electron chi connectivity index (χ0n) is 10.7. The van der Waals surface area contributed by atoms with Crippen LogP contribution in [-0.2, 0) is 5.60 Å². The van der Waals surface area contributed by atoms with Gasteiger partial charge in [0.1, 0.15) is 5.60 Å². The minimum atomic E-state index is -1.22. The lowest BCUT2D eigenvalue weighted by molar-refractivity contribution is 0.102. The minimum absolute atomic E-state index is 0.118. The quantitative estimate of drug-likeness (QED) is 0.929. The highest BCUT2D eigenvalue weighted by Crippen LogP contribution is 2.33. The normalized spacial score (nSPS) is 13.9. The van der Waals surface area contributed by atoms with Gasteiger partial charge in [-0.25, -0.2) is 4.39 Å². The van der Waals surface area contributed by atoms with Gasteiger partial charge < -0.3 is 9.84 Å². The highest BCUT2D eigenvalue weighted by Gasteiger charge is 2.26. The second-order valence-electron chi connectivity index (χ2n) is 4.43. The molecular weight excluding hydrogens is 311 g/mol. The molecule has 0 aliphatic rings. The molecular formula is C15H14BrFO2. The third kappa shape index (κ3) is 2.80. The van der Waals surface area contributed by atoms with Gasteiger partial charge in [-0.05, 0) is 42.3 Å². The minimum Gasteiger partial charge on any atom is -0.494 e. The van der Waals surface area contributed by atoms with E-state index in [0.29, 0.717) is 5.56 Å². The summed E-state index contributed by atoms with van der Waals surface area (Å²) < 4.78 is 19.2. The average molecular weight is 325 g/mol. The van der Waals surface area contributed by atoms with Crippen molar-refractivity contribution < 1.29 is 14.2 Å². The summed E-state index contributed by atoms with van der Waals surface area (Å²) in [6.07, 6.45) is 0.